The zero-order valence-corrected chi connectivity index (χ0v) is 19.1. The van der Waals surface area contributed by atoms with Crippen LogP contribution in [0.1, 0.15) is 44.9 Å². The summed E-state index contributed by atoms with van der Waals surface area (Å²) in [5.41, 5.74) is 1.19. The molecule has 0 aromatic carbocycles. The summed E-state index contributed by atoms with van der Waals surface area (Å²) < 4.78 is 10.9. The monoisotopic (exact) mass is 458 g/mol. The van der Waals surface area contributed by atoms with Gasteiger partial charge in [-0.3, -0.25) is 9.88 Å². The first-order valence-corrected chi connectivity index (χ1v) is 12.3. The van der Waals surface area contributed by atoms with Crippen LogP contribution in [-0.4, -0.2) is 89.2 Å². The number of nitrogens with zero attached hydrogens (tertiary/aromatic N) is 4. The number of rotatable bonds is 5. The second-order valence-electron chi connectivity index (χ2n) is 9.82. The minimum Gasteiger partial charge on any atom is -0.450 e. The van der Waals surface area contributed by atoms with E-state index in [1.807, 2.05) is 24.5 Å². The fourth-order valence-corrected chi connectivity index (χ4v) is 6.27. The lowest BCUT2D eigenvalue weighted by Gasteiger charge is -2.42. The van der Waals surface area contributed by atoms with Crippen LogP contribution in [0.15, 0.2) is 24.5 Å². The summed E-state index contributed by atoms with van der Waals surface area (Å²) in [5, 5.41) is 8.83. The van der Waals surface area contributed by atoms with Crippen LogP contribution >= 0.6 is 0 Å². The number of pyridine rings is 1. The lowest BCUT2D eigenvalue weighted by Crippen LogP contribution is -2.52. The number of carboxylic acid groups (broad SMARTS) is 1. The van der Waals surface area contributed by atoms with Crippen molar-refractivity contribution in [1.82, 2.24) is 14.8 Å². The fourth-order valence-electron chi connectivity index (χ4n) is 6.27. The van der Waals surface area contributed by atoms with Crippen molar-refractivity contribution in [1.29, 1.82) is 0 Å². The zero-order valence-electron chi connectivity index (χ0n) is 19.1. The zero-order chi connectivity index (χ0) is 22.8. The van der Waals surface area contributed by atoms with Gasteiger partial charge in [-0.25, -0.2) is 9.59 Å². The fraction of sp³-hybridized carbons (Fsp3) is 0.708. The van der Waals surface area contributed by atoms with Crippen molar-refractivity contribution in [2.45, 2.75) is 69.2 Å². The van der Waals surface area contributed by atoms with Crippen LogP contribution in [-0.2, 0) is 9.47 Å². The molecule has 9 heteroatoms. The van der Waals surface area contributed by atoms with Gasteiger partial charge in [0.2, 0.25) is 0 Å². The van der Waals surface area contributed by atoms with Crippen molar-refractivity contribution in [2.75, 3.05) is 37.6 Å². The second kappa shape index (κ2) is 9.75. The van der Waals surface area contributed by atoms with Crippen LogP contribution in [0.3, 0.4) is 0 Å². The molecule has 0 radical (unpaired) electrons. The molecule has 4 aliphatic rings. The third-order valence-corrected chi connectivity index (χ3v) is 7.90. The number of amides is 1. The lowest BCUT2D eigenvalue weighted by atomic mass is 9.81. The van der Waals surface area contributed by atoms with Crippen LogP contribution in [0.4, 0.5) is 15.3 Å². The number of aromatic nitrogens is 1. The number of fused-ring (bicyclic) bond motifs is 1. The second-order valence-corrected chi connectivity index (χ2v) is 9.82. The van der Waals surface area contributed by atoms with E-state index in [1.54, 1.807) is 0 Å². The van der Waals surface area contributed by atoms with E-state index in [-0.39, 0.29) is 30.4 Å². The Hall–Kier alpha value is -2.55. The minimum atomic E-state index is -1.19. The Kier molecular flexibility index (Phi) is 6.57. The van der Waals surface area contributed by atoms with Gasteiger partial charge in [0.05, 0.1) is 6.04 Å². The van der Waals surface area contributed by atoms with Gasteiger partial charge in [-0.15, -0.1) is 0 Å². The van der Waals surface area contributed by atoms with Gasteiger partial charge in [-0.1, -0.05) is 6.42 Å². The van der Waals surface area contributed by atoms with E-state index in [1.165, 1.54) is 5.69 Å². The first-order chi connectivity index (χ1) is 16.1. The highest BCUT2D eigenvalue weighted by Crippen LogP contribution is 2.39. The quantitative estimate of drug-likeness (QED) is 0.672. The minimum absolute atomic E-state index is 0.0301. The summed E-state index contributed by atoms with van der Waals surface area (Å²) in [6.45, 7) is 4.44. The topological polar surface area (TPSA) is 95.4 Å². The molecule has 1 aliphatic carbocycles. The number of hydrogen-bond donors (Lipinski definition) is 1. The normalized spacial score (nSPS) is 29.6. The summed E-state index contributed by atoms with van der Waals surface area (Å²) in [6, 6.07) is 4.51. The molecule has 1 N–H and O–H groups in total. The molecule has 1 amide bonds. The predicted molar refractivity (Wildman–Crippen MR) is 121 cm³/mol. The van der Waals surface area contributed by atoms with E-state index in [2.05, 4.69) is 19.7 Å². The molecule has 0 spiro atoms. The molecule has 5 rings (SSSR count). The number of ether oxygens (including phenoxy) is 2. The Labute approximate surface area is 194 Å². The maximum Gasteiger partial charge on any atom is 0.506 e. The van der Waals surface area contributed by atoms with E-state index in [0.29, 0.717) is 5.92 Å². The standard InChI is InChI=1S/C24H34N4O5/c29-23-28(19-6-14-27(15-7-19)18-4-10-25-11-5-18)21-3-1-2-17(22(21)33-23)16-26-12-8-20(9-13-26)32-24(30)31/h4-5,10-11,17,19-22H,1-3,6-9,12-16H2,(H,30,31). The average Bonchev–Trinajstić information content (AvgIpc) is 3.17. The molecule has 3 atom stereocenters. The molecule has 9 nitrogen and oxygen atoms in total. The molecule has 1 saturated carbocycles. The summed E-state index contributed by atoms with van der Waals surface area (Å²) >= 11 is 0. The Balaban J connectivity index is 1.16. The van der Waals surface area contributed by atoms with Crippen LogP contribution < -0.4 is 4.90 Å². The molecule has 0 bridgehead atoms. The number of likely N-dealkylation sites (tertiary alicyclic amines) is 1. The average molecular weight is 459 g/mol. The van der Waals surface area contributed by atoms with Crippen molar-refractivity contribution in [3.8, 4) is 0 Å². The smallest absolute Gasteiger partial charge is 0.450 e. The maximum absolute atomic E-state index is 13.0. The van der Waals surface area contributed by atoms with Crippen molar-refractivity contribution >= 4 is 17.9 Å². The Morgan fingerprint density at radius 2 is 1.79 bits per heavy atom. The molecule has 1 aromatic heterocycles. The summed E-state index contributed by atoms with van der Waals surface area (Å²) in [4.78, 5) is 34.7. The highest BCUT2D eigenvalue weighted by atomic mass is 16.7. The maximum atomic E-state index is 13.0. The van der Waals surface area contributed by atoms with E-state index >= 15 is 0 Å². The highest BCUT2D eigenvalue weighted by Gasteiger charge is 2.50. The molecule has 3 aliphatic heterocycles. The number of piperidine rings is 2. The largest absolute Gasteiger partial charge is 0.506 e. The first kappa shape index (κ1) is 22.3. The van der Waals surface area contributed by atoms with Gasteiger partial charge in [-0.2, -0.15) is 0 Å². The van der Waals surface area contributed by atoms with Gasteiger partial charge in [0.25, 0.3) is 0 Å². The molecule has 1 aromatic rings. The van der Waals surface area contributed by atoms with Crippen molar-refractivity contribution in [3.63, 3.8) is 0 Å². The lowest BCUT2D eigenvalue weighted by molar-refractivity contribution is 0.00333. The van der Waals surface area contributed by atoms with Crippen LogP contribution in [0.2, 0.25) is 0 Å². The van der Waals surface area contributed by atoms with E-state index in [9.17, 15) is 9.59 Å². The van der Waals surface area contributed by atoms with Gasteiger partial charge < -0.3 is 24.4 Å². The highest BCUT2D eigenvalue weighted by molar-refractivity contribution is 5.71. The number of carbonyl (C=O) groups is 2. The number of anilines is 1. The van der Waals surface area contributed by atoms with E-state index in [0.717, 1.165) is 77.7 Å². The Bertz CT molecular complexity index is 823. The number of hydrogen-bond acceptors (Lipinski definition) is 7. The first-order valence-electron chi connectivity index (χ1n) is 12.3. The Morgan fingerprint density at radius 1 is 1.06 bits per heavy atom. The predicted octanol–water partition coefficient (Wildman–Crippen LogP) is 3.20. The third-order valence-electron chi connectivity index (χ3n) is 7.90. The Morgan fingerprint density at radius 3 is 2.48 bits per heavy atom. The molecule has 4 fully saturated rings. The van der Waals surface area contributed by atoms with Crippen molar-refractivity contribution in [2.24, 2.45) is 5.92 Å². The third kappa shape index (κ3) is 4.88. The van der Waals surface area contributed by atoms with Crippen LogP contribution in [0, 0.1) is 5.92 Å². The summed E-state index contributed by atoms with van der Waals surface area (Å²) in [6.07, 6.45) is 8.71. The molecular weight excluding hydrogens is 424 g/mol. The summed E-state index contributed by atoms with van der Waals surface area (Å²) in [7, 11) is 0. The molecule has 3 saturated heterocycles. The van der Waals surface area contributed by atoms with Crippen molar-refractivity contribution in [3.05, 3.63) is 24.5 Å². The molecule has 4 heterocycles. The SMILES string of the molecule is O=C(O)OC1CCN(CC2CCCC3C2OC(=O)N3C2CCN(c3ccncc3)CC2)CC1. The van der Waals surface area contributed by atoms with Gasteiger partial charge in [-0.05, 0) is 50.7 Å². The van der Waals surface area contributed by atoms with Crippen molar-refractivity contribution < 1.29 is 24.2 Å². The molecule has 33 heavy (non-hydrogen) atoms. The molecular formula is C24H34N4O5. The summed E-state index contributed by atoms with van der Waals surface area (Å²) in [5.74, 6) is 0.339. The van der Waals surface area contributed by atoms with Crippen LogP contribution in [0.25, 0.3) is 0 Å². The molecule has 180 valence electrons. The molecule has 3 unspecified atom stereocenters. The van der Waals surface area contributed by atoms with Gasteiger partial charge in [0, 0.05) is 62.8 Å². The van der Waals surface area contributed by atoms with E-state index in [4.69, 9.17) is 14.6 Å². The van der Waals surface area contributed by atoms with Gasteiger partial charge in [0.15, 0.2) is 0 Å². The van der Waals surface area contributed by atoms with Crippen LogP contribution in [0.5, 0.6) is 0 Å². The van der Waals surface area contributed by atoms with Gasteiger partial charge >= 0.3 is 12.2 Å². The number of carbonyl (C=O) groups excluding carboxylic acids is 1. The van der Waals surface area contributed by atoms with E-state index < -0.39 is 6.16 Å². The van der Waals surface area contributed by atoms with Gasteiger partial charge in [0.1, 0.15) is 12.2 Å².